The molecule has 2 nitrogen and oxygen atoms in total. The molecule has 0 heterocycles. The average molecular weight is 229 g/mol. The van der Waals surface area contributed by atoms with E-state index in [1.807, 2.05) is 0 Å². The van der Waals surface area contributed by atoms with Gasteiger partial charge in [0, 0.05) is 0 Å². The second-order valence-electron chi connectivity index (χ2n) is 4.80. The number of aliphatic hydroxyl groups excluding tert-OH is 1. The van der Waals surface area contributed by atoms with E-state index in [0.29, 0.717) is 12.8 Å². The molecule has 0 spiro atoms. The fraction of sp³-hybridized carbons (Fsp3) is 1.00. The minimum absolute atomic E-state index is 0.613. The summed E-state index contributed by atoms with van der Waals surface area (Å²) in [4.78, 5) is 0. The van der Waals surface area contributed by atoms with E-state index >= 15 is 0 Å². The summed E-state index contributed by atoms with van der Waals surface area (Å²) >= 11 is 0. The highest BCUT2D eigenvalue weighted by Gasteiger charge is 2.16. The van der Waals surface area contributed by atoms with Crippen LogP contribution in [0.4, 0.5) is 0 Å². The molecule has 2 atom stereocenters. The molecule has 0 aromatic rings. The average Bonchev–Trinajstić information content (AvgIpc) is 2.29. The Morgan fingerprint density at radius 3 is 1.81 bits per heavy atom. The first-order chi connectivity index (χ1) is 7.72. The standard InChI is InChI=1S/C14H29O2/c1-3-5-7-9-11-13(15)14(16)12-10-8-6-4-2/h13-15H,3-12H2,1-2H3. The summed E-state index contributed by atoms with van der Waals surface area (Å²) in [6.45, 7) is 4.33. The van der Waals surface area contributed by atoms with Crippen molar-refractivity contribution in [3.05, 3.63) is 0 Å². The maximum atomic E-state index is 11.6. The van der Waals surface area contributed by atoms with Crippen LogP contribution < -0.4 is 0 Å². The normalized spacial score (nSPS) is 15.0. The first-order valence-corrected chi connectivity index (χ1v) is 7.06. The summed E-state index contributed by atoms with van der Waals surface area (Å²) in [6.07, 6.45) is 9.07. The largest absolute Gasteiger partial charge is 0.390 e. The third-order valence-corrected chi connectivity index (χ3v) is 3.12. The van der Waals surface area contributed by atoms with Gasteiger partial charge >= 0.3 is 0 Å². The Morgan fingerprint density at radius 1 is 0.812 bits per heavy atom. The fourth-order valence-corrected chi connectivity index (χ4v) is 1.93. The van der Waals surface area contributed by atoms with E-state index in [9.17, 15) is 10.2 Å². The molecular formula is C14H29O2. The van der Waals surface area contributed by atoms with Crippen molar-refractivity contribution in [2.24, 2.45) is 0 Å². The van der Waals surface area contributed by atoms with Crippen molar-refractivity contribution >= 4 is 0 Å². The van der Waals surface area contributed by atoms with Crippen LogP contribution in [0.5, 0.6) is 0 Å². The van der Waals surface area contributed by atoms with Gasteiger partial charge in [-0.1, -0.05) is 65.2 Å². The fourth-order valence-electron chi connectivity index (χ4n) is 1.93. The molecule has 2 heteroatoms. The van der Waals surface area contributed by atoms with Crippen LogP contribution >= 0.6 is 0 Å². The highest BCUT2D eigenvalue weighted by atomic mass is 16.3. The van der Waals surface area contributed by atoms with Gasteiger partial charge in [0.15, 0.2) is 0 Å². The highest BCUT2D eigenvalue weighted by molar-refractivity contribution is 4.67. The quantitative estimate of drug-likeness (QED) is 0.533. The molecule has 0 bridgehead atoms. The lowest BCUT2D eigenvalue weighted by molar-refractivity contribution is -0.0354. The van der Waals surface area contributed by atoms with Gasteiger partial charge in [-0.3, -0.25) is 0 Å². The zero-order valence-electron chi connectivity index (χ0n) is 11.1. The summed E-state index contributed by atoms with van der Waals surface area (Å²) in [6, 6.07) is 0. The summed E-state index contributed by atoms with van der Waals surface area (Å²) in [5.74, 6) is 0. The SMILES string of the molecule is CCCCCCC([O])C(O)CCCCCC. The highest BCUT2D eigenvalue weighted by Crippen LogP contribution is 2.13. The Labute approximate surface area is 101 Å². The molecule has 0 aliphatic carbocycles. The summed E-state index contributed by atoms with van der Waals surface area (Å²) in [5, 5.41) is 21.3. The molecule has 0 saturated heterocycles. The van der Waals surface area contributed by atoms with Crippen molar-refractivity contribution in [3.63, 3.8) is 0 Å². The van der Waals surface area contributed by atoms with Gasteiger partial charge in [-0.05, 0) is 12.8 Å². The Morgan fingerprint density at radius 2 is 1.31 bits per heavy atom. The number of rotatable bonds is 11. The lowest BCUT2D eigenvalue weighted by Gasteiger charge is -2.15. The molecule has 97 valence electrons. The minimum atomic E-state index is -0.751. The van der Waals surface area contributed by atoms with Crippen molar-refractivity contribution in [3.8, 4) is 0 Å². The molecule has 2 unspecified atom stereocenters. The zero-order valence-corrected chi connectivity index (χ0v) is 11.1. The second kappa shape index (κ2) is 11.4. The molecule has 16 heavy (non-hydrogen) atoms. The van der Waals surface area contributed by atoms with E-state index in [1.165, 1.54) is 25.7 Å². The molecular weight excluding hydrogens is 200 g/mol. The van der Waals surface area contributed by atoms with Crippen molar-refractivity contribution < 1.29 is 10.2 Å². The van der Waals surface area contributed by atoms with Gasteiger partial charge in [0.2, 0.25) is 0 Å². The summed E-state index contributed by atoms with van der Waals surface area (Å²) < 4.78 is 0. The van der Waals surface area contributed by atoms with Crippen molar-refractivity contribution in [1.82, 2.24) is 0 Å². The maximum absolute atomic E-state index is 11.6. The molecule has 0 rings (SSSR count). The summed E-state index contributed by atoms with van der Waals surface area (Å²) in [5.41, 5.74) is 0. The zero-order chi connectivity index (χ0) is 12.2. The first-order valence-electron chi connectivity index (χ1n) is 7.06. The molecule has 1 N–H and O–H groups in total. The number of aliphatic hydroxyl groups is 1. The van der Waals surface area contributed by atoms with Crippen LogP contribution in [0.15, 0.2) is 0 Å². The number of hydrogen-bond acceptors (Lipinski definition) is 1. The lowest BCUT2D eigenvalue weighted by atomic mass is 10.0. The second-order valence-corrected chi connectivity index (χ2v) is 4.80. The summed E-state index contributed by atoms with van der Waals surface area (Å²) in [7, 11) is 0. The molecule has 0 aliphatic rings. The van der Waals surface area contributed by atoms with Crippen LogP contribution in [-0.4, -0.2) is 17.3 Å². The lowest BCUT2D eigenvalue weighted by Crippen LogP contribution is -2.24. The van der Waals surface area contributed by atoms with E-state index in [0.717, 1.165) is 25.7 Å². The van der Waals surface area contributed by atoms with Gasteiger partial charge in [-0.25, -0.2) is 5.11 Å². The molecule has 0 aromatic heterocycles. The van der Waals surface area contributed by atoms with Crippen LogP contribution in [0.1, 0.15) is 78.1 Å². The van der Waals surface area contributed by atoms with E-state index in [1.54, 1.807) is 0 Å². The van der Waals surface area contributed by atoms with Crippen LogP contribution in [0.3, 0.4) is 0 Å². The number of hydrogen-bond donors (Lipinski definition) is 1. The van der Waals surface area contributed by atoms with E-state index in [-0.39, 0.29) is 0 Å². The molecule has 0 aromatic carbocycles. The van der Waals surface area contributed by atoms with Crippen LogP contribution in [0, 0.1) is 0 Å². The van der Waals surface area contributed by atoms with Gasteiger partial charge in [0.05, 0.1) is 6.10 Å². The maximum Gasteiger partial charge on any atom is 0.119 e. The third kappa shape index (κ3) is 9.17. The Hall–Kier alpha value is -0.0800. The topological polar surface area (TPSA) is 40.1 Å². The first kappa shape index (κ1) is 15.9. The van der Waals surface area contributed by atoms with Crippen LogP contribution in [0.2, 0.25) is 0 Å². The van der Waals surface area contributed by atoms with E-state index < -0.39 is 12.2 Å². The number of unbranched alkanes of at least 4 members (excludes halogenated alkanes) is 6. The molecule has 0 amide bonds. The van der Waals surface area contributed by atoms with E-state index in [2.05, 4.69) is 13.8 Å². The van der Waals surface area contributed by atoms with Crippen molar-refractivity contribution in [2.75, 3.05) is 0 Å². The molecule has 0 aliphatic heterocycles. The monoisotopic (exact) mass is 229 g/mol. The van der Waals surface area contributed by atoms with Gasteiger partial charge in [-0.2, -0.15) is 0 Å². The Kier molecular flexibility index (Phi) is 11.3. The van der Waals surface area contributed by atoms with Crippen LogP contribution in [-0.2, 0) is 5.11 Å². The molecule has 1 radical (unpaired) electrons. The van der Waals surface area contributed by atoms with E-state index in [4.69, 9.17) is 0 Å². The smallest absolute Gasteiger partial charge is 0.119 e. The van der Waals surface area contributed by atoms with Gasteiger partial charge in [-0.15, -0.1) is 0 Å². The van der Waals surface area contributed by atoms with Gasteiger partial charge < -0.3 is 5.11 Å². The van der Waals surface area contributed by atoms with Gasteiger partial charge in [0.25, 0.3) is 0 Å². The van der Waals surface area contributed by atoms with Crippen molar-refractivity contribution in [2.45, 2.75) is 90.3 Å². The Balaban J connectivity index is 3.38. The third-order valence-electron chi connectivity index (χ3n) is 3.12. The molecule has 0 saturated carbocycles. The van der Waals surface area contributed by atoms with Gasteiger partial charge in [0.1, 0.15) is 6.10 Å². The predicted octanol–water partition coefficient (Wildman–Crippen LogP) is 4.09. The van der Waals surface area contributed by atoms with Crippen molar-refractivity contribution in [1.29, 1.82) is 0 Å². The van der Waals surface area contributed by atoms with Crippen LogP contribution in [0.25, 0.3) is 0 Å². The minimum Gasteiger partial charge on any atom is -0.390 e. The Bertz CT molecular complexity index is 121. The predicted molar refractivity (Wildman–Crippen MR) is 68.0 cm³/mol. The molecule has 0 fully saturated rings.